The van der Waals surface area contributed by atoms with Crippen LogP contribution in [0.2, 0.25) is 0 Å². The maximum Gasteiger partial charge on any atom is 0.211 e. The predicted octanol–water partition coefficient (Wildman–Crippen LogP) is 1.16. The summed E-state index contributed by atoms with van der Waals surface area (Å²) in [4.78, 5) is 4.14. The second-order valence-corrected chi connectivity index (χ2v) is 8.22. The number of hydrogen-bond donors (Lipinski definition) is 3. The van der Waals surface area contributed by atoms with E-state index in [2.05, 4.69) is 41.1 Å². The number of methoxy groups -OCH3 is 1. The van der Waals surface area contributed by atoms with Crippen LogP contribution in [0.15, 0.2) is 4.99 Å². The van der Waals surface area contributed by atoms with E-state index < -0.39 is 10.0 Å². The second-order valence-electron chi connectivity index (χ2n) is 6.12. The van der Waals surface area contributed by atoms with Crippen LogP contribution in [0.3, 0.4) is 0 Å². The Labute approximate surface area is 158 Å². The highest BCUT2D eigenvalue weighted by molar-refractivity contribution is 14.0. The molecule has 0 aliphatic carbocycles. The van der Waals surface area contributed by atoms with Gasteiger partial charge in [0, 0.05) is 33.8 Å². The Hall–Kier alpha value is -0.130. The fourth-order valence-electron chi connectivity index (χ4n) is 1.78. The Balaban J connectivity index is 0. The number of hydrogen-bond acceptors (Lipinski definition) is 4. The first-order chi connectivity index (χ1) is 10.2. The van der Waals surface area contributed by atoms with Crippen molar-refractivity contribution in [2.45, 2.75) is 40.2 Å². The summed E-state index contributed by atoms with van der Waals surface area (Å²) in [5.74, 6) is 0.791. The lowest BCUT2D eigenvalue weighted by atomic mass is 9.89. The number of nitrogens with zero attached hydrogens (tertiary/aromatic N) is 1. The van der Waals surface area contributed by atoms with Crippen molar-refractivity contribution < 1.29 is 13.2 Å². The molecule has 0 aliphatic heterocycles. The van der Waals surface area contributed by atoms with E-state index in [1.165, 1.54) is 0 Å². The summed E-state index contributed by atoms with van der Waals surface area (Å²) in [5.41, 5.74) is 0.0407. The molecular formula is C14H33IN4O3S. The summed E-state index contributed by atoms with van der Waals surface area (Å²) in [6.45, 7) is 9.70. The smallest absolute Gasteiger partial charge is 0.211 e. The van der Waals surface area contributed by atoms with Gasteiger partial charge in [0.2, 0.25) is 10.0 Å². The van der Waals surface area contributed by atoms with Gasteiger partial charge in [0.15, 0.2) is 5.96 Å². The van der Waals surface area contributed by atoms with E-state index in [1.807, 2.05) is 0 Å². The highest BCUT2D eigenvalue weighted by atomic mass is 127. The Morgan fingerprint density at radius 3 is 2.26 bits per heavy atom. The lowest BCUT2D eigenvalue weighted by Gasteiger charge is -2.30. The van der Waals surface area contributed by atoms with Crippen molar-refractivity contribution in [3.8, 4) is 0 Å². The van der Waals surface area contributed by atoms with E-state index >= 15 is 0 Å². The van der Waals surface area contributed by atoms with Crippen molar-refractivity contribution >= 4 is 40.0 Å². The number of aliphatic imine (C=N–C) groups is 1. The van der Waals surface area contributed by atoms with Crippen LogP contribution in [0.4, 0.5) is 0 Å². The summed E-state index contributed by atoms with van der Waals surface area (Å²) in [6.07, 6.45) is 0.759. The molecule has 0 saturated heterocycles. The predicted molar refractivity (Wildman–Crippen MR) is 107 cm³/mol. The molecule has 1 unspecified atom stereocenters. The van der Waals surface area contributed by atoms with Crippen molar-refractivity contribution in [1.29, 1.82) is 0 Å². The van der Waals surface area contributed by atoms with Gasteiger partial charge in [0.25, 0.3) is 0 Å². The maximum atomic E-state index is 11.3. The van der Waals surface area contributed by atoms with Crippen LogP contribution in [-0.4, -0.2) is 60.0 Å². The molecule has 0 saturated carbocycles. The van der Waals surface area contributed by atoms with Crippen molar-refractivity contribution in [3.05, 3.63) is 0 Å². The third kappa shape index (κ3) is 12.0. The molecule has 0 aromatic heterocycles. The Morgan fingerprint density at radius 2 is 1.83 bits per heavy atom. The number of rotatable bonds is 9. The van der Waals surface area contributed by atoms with Crippen molar-refractivity contribution in [3.63, 3.8) is 0 Å². The Bertz CT molecular complexity index is 436. The molecule has 23 heavy (non-hydrogen) atoms. The molecule has 0 aliphatic rings. The van der Waals surface area contributed by atoms with Crippen LogP contribution >= 0.6 is 24.0 Å². The highest BCUT2D eigenvalue weighted by Gasteiger charge is 2.24. The normalized spacial score (nSPS) is 14.1. The fourth-order valence-corrected chi connectivity index (χ4v) is 2.44. The number of halogens is 1. The number of guanidine groups is 1. The lowest BCUT2D eigenvalue weighted by Crippen LogP contribution is -2.45. The first-order valence-corrected chi connectivity index (χ1v) is 9.26. The molecule has 0 aromatic rings. The van der Waals surface area contributed by atoms with Gasteiger partial charge >= 0.3 is 0 Å². The van der Waals surface area contributed by atoms with Crippen molar-refractivity contribution in [1.82, 2.24) is 15.4 Å². The third-order valence-electron chi connectivity index (χ3n) is 3.28. The summed E-state index contributed by atoms with van der Waals surface area (Å²) in [6, 6.07) is 0. The maximum absolute atomic E-state index is 11.3. The molecule has 0 fully saturated rings. The molecular weight excluding hydrogens is 431 g/mol. The average molecular weight is 464 g/mol. The minimum atomic E-state index is -3.11. The number of nitrogens with one attached hydrogen (secondary N) is 3. The fraction of sp³-hybridized carbons (Fsp3) is 0.929. The largest absolute Gasteiger partial charge is 0.379 e. The Morgan fingerprint density at radius 1 is 1.22 bits per heavy atom. The van der Waals surface area contributed by atoms with Gasteiger partial charge in [-0.05, 0) is 18.8 Å². The standard InChI is InChI=1S/C14H32N4O3S.HI/c1-7-22(19,20)18-10-8-9-16-13(15-5)17-11-12(21-6)14(2,3)4;/h12,18H,7-11H2,1-6H3,(H2,15,16,17);1H. The van der Waals surface area contributed by atoms with E-state index in [0.717, 1.165) is 0 Å². The minimum absolute atomic E-state index is 0. The van der Waals surface area contributed by atoms with E-state index in [4.69, 9.17) is 4.74 Å². The second kappa shape index (κ2) is 12.3. The van der Waals surface area contributed by atoms with Crippen molar-refractivity contribution in [2.24, 2.45) is 10.4 Å². The van der Waals surface area contributed by atoms with Crippen LogP contribution in [0.25, 0.3) is 0 Å². The highest BCUT2D eigenvalue weighted by Crippen LogP contribution is 2.20. The van der Waals surface area contributed by atoms with Gasteiger partial charge < -0.3 is 15.4 Å². The first-order valence-electron chi connectivity index (χ1n) is 7.61. The topological polar surface area (TPSA) is 91.8 Å². The number of ether oxygens (including phenoxy) is 1. The molecule has 0 spiro atoms. The van der Waals surface area contributed by atoms with Gasteiger partial charge in [0.1, 0.15) is 0 Å². The summed E-state index contributed by atoms with van der Waals surface area (Å²) >= 11 is 0. The minimum Gasteiger partial charge on any atom is -0.379 e. The number of sulfonamides is 1. The quantitative estimate of drug-likeness (QED) is 0.206. The van der Waals surface area contributed by atoms with Crippen LogP contribution in [0.5, 0.6) is 0 Å². The van der Waals surface area contributed by atoms with E-state index in [-0.39, 0.29) is 41.2 Å². The summed E-state index contributed by atoms with van der Waals surface area (Å²) in [7, 11) is 0.297. The van der Waals surface area contributed by atoms with Gasteiger partial charge in [-0.15, -0.1) is 24.0 Å². The van der Waals surface area contributed by atoms with Gasteiger partial charge in [0.05, 0.1) is 11.9 Å². The van der Waals surface area contributed by atoms with E-state index in [0.29, 0.717) is 32.0 Å². The SMILES string of the molecule is CCS(=O)(=O)NCCCNC(=NC)NCC(OC)C(C)(C)C.I. The molecule has 0 radical (unpaired) electrons. The molecule has 9 heteroatoms. The first kappa shape index (κ1) is 25.1. The molecule has 0 amide bonds. The molecule has 0 rings (SSSR count). The third-order valence-corrected chi connectivity index (χ3v) is 4.68. The van der Waals surface area contributed by atoms with Gasteiger partial charge in [-0.1, -0.05) is 20.8 Å². The zero-order chi connectivity index (χ0) is 17.2. The van der Waals surface area contributed by atoms with Crippen LogP contribution in [0.1, 0.15) is 34.1 Å². The zero-order valence-electron chi connectivity index (χ0n) is 15.1. The van der Waals surface area contributed by atoms with Gasteiger partial charge in [-0.3, -0.25) is 4.99 Å². The van der Waals surface area contributed by atoms with Crippen molar-refractivity contribution in [2.75, 3.05) is 39.5 Å². The molecule has 0 bridgehead atoms. The average Bonchev–Trinajstić information content (AvgIpc) is 2.43. The van der Waals surface area contributed by atoms with Crippen LogP contribution in [0, 0.1) is 5.41 Å². The van der Waals surface area contributed by atoms with Gasteiger partial charge in [-0.25, -0.2) is 13.1 Å². The monoisotopic (exact) mass is 464 g/mol. The molecule has 140 valence electrons. The molecule has 3 N–H and O–H groups in total. The molecule has 1 atom stereocenters. The van der Waals surface area contributed by atoms with Crippen LogP contribution in [-0.2, 0) is 14.8 Å². The molecule has 7 nitrogen and oxygen atoms in total. The Kier molecular flexibility index (Phi) is 13.4. The molecule has 0 heterocycles. The summed E-state index contributed by atoms with van der Waals surface area (Å²) < 4.78 is 30.6. The van der Waals surface area contributed by atoms with E-state index in [1.54, 1.807) is 21.1 Å². The lowest BCUT2D eigenvalue weighted by molar-refractivity contribution is 0.0205. The van der Waals surface area contributed by atoms with Crippen LogP contribution < -0.4 is 15.4 Å². The van der Waals surface area contributed by atoms with Gasteiger partial charge in [-0.2, -0.15) is 0 Å². The zero-order valence-corrected chi connectivity index (χ0v) is 18.2. The molecule has 0 aromatic carbocycles. The summed E-state index contributed by atoms with van der Waals surface area (Å²) in [5, 5.41) is 6.37. The van der Waals surface area contributed by atoms with E-state index in [9.17, 15) is 8.42 Å².